The summed E-state index contributed by atoms with van der Waals surface area (Å²) in [6, 6.07) is 8.00. The Labute approximate surface area is 311 Å². The van der Waals surface area contributed by atoms with Crippen LogP contribution in [0.1, 0.15) is 26.0 Å². The molecule has 1 heteroatoms. The van der Waals surface area contributed by atoms with Crippen molar-refractivity contribution in [3.05, 3.63) is 182 Å². The maximum atomic E-state index is 9.82. The zero-order chi connectivity index (χ0) is 48.8. The van der Waals surface area contributed by atoms with Crippen molar-refractivity contribution in [2.24, 2.45) is 0 Å². The average Bonchev–Trinajstić information content (AvgIpc) is 3.75. The van der Waals surface area contributed by atoms with Crippen LogP contribution in [0.5, 0.6) is 0 Å². The molecule has 9 aromatic carbocycles. The molecule has 1 aromatic heterocycles. The summed E-state index contributed by atoms with van der Waals surface area (Å²) in [5, 5.41) is 1.24. The van der Waals surface area contributed by atoms with Gasteiger partial charge in [-0.05, 0) is 107 Å². The molecule has 0 spiro atoms. The second-order valence-corrected chi connectivity index (χ2v) is 11.4. The van der Waals surface area contributed by atoms with Crippen LogP contribution in [-0.2, 0) is 0 Å². The van der Waals surface area contributed by atoms with Gasteiger partial charge >= 0.3 is 0 Å². The highest BCUT2D eigenvalue weighted by atomic mass is 16.3. The van der Waals surface area contributed by atoms with Crippen molar-refractivity contribution >= 4 is 54.3 Å². The molecule has 0 saturated heterocycles. The Morgan fingerprint density at radius 1 is 0.367 bits per heavy atom. The van der Waals surface area contributed by atoms with E-state index < -0.39 is 109 Å². The minimum Gasteiger partial charge on any atom is -0.456 e. The fourth-order valence-electron chi connectivity index (χ4n) is 6.59. The van der Waals surface area contributed by atoms with E-state index in [1.54, 1.807) is 60.7 Å². The lowest BCUT2D eigenvalue weighted by atomic mass is 9.84. The van der Waals surface area contributed by atoms with Gasteiger partial charge in [0.25, 0.3) is 0 Å². The van der Waals surface area contributed by atoms with Gasteiger partial charge in [-0.1, -0.05) is 151 Å². The molecule has 0 fully saturated rings. The van der Waals surface area contributed by atoms with Crippen molar-refractivity contribution in [2.75, 3.05) is 0 Å². The van der Waals surface area contributed by atoms with Gasteiger partial charge in [-0.25, -0.2) is 0 Å². The quantitative estimate of drug-likeness (QED) is 0.174. The van der Waals surface area contributed by atoms with E-state index in [9.17, 15) is 5.48 Å². The lowest BCUT2D eigenvalue weighted by Crippen LogP contribution is -1.92. The lowest BCUT2D eigenvalue weighted by molar-refractivity contribution is 0.669. The molecule has 0 unspecified atom stereocenters. The molecule has 0 atom stereocenters. The van der Waals surface area contributed by atoms with Crippen LogP contribution in [0.4, 0.5) is 0 Å². The van der Waals surface area contributed by atoms with Crippen molar-refractivity contribution in [2.45, 2.75) is 0 Å². The van der Waals surface area contributed by atoms with Gasteiger partial charge in [-0.3, -0.25) is 0 Å². The number of benzene rings is 9. The average molecular weight is 642 g/mol. The standard InChI is InChI=1S/C48H30O/c1-3-13-31(14-4-1)37-25-23-35(28-42(37)32-15-5-2-6-16-32)47-38-19-9-11-21-40(38)48(41-22-12-10-20-39(41)47)36-24-26-45-43(29-36)44-27-33-17-7-8-18-34(33)30-46(44)49-45/h1-30H/i1D,2D,3D,4D,5D,6D,7D,8D,13D,14D,15D,16D,17D,18D,24D,26D,27D,29D,30D. The Hall–Kier alpha value is -6.44. The molecule has 0 saturated carbocycles. The van der Waals surface area contributed by atoms with Crippen molar-refractivity contribution in [3.63, 3.8) is 0 Å². The Kier molecular flexibility index (Phi) is 3.34. The Morgan fingerprint density at radius 2 is 0.898 bits per heavy atom. The lowest BCUT2D eigenvalue weighted by Gasteiger charge is -2.19. The molecule has 0 bridgehead atoms. The van der Waals surface area contributed by atoms with Gasteiger partial charge in [-0.15, -0.1) is 0 Å². The molecule has 0 aliphatic heterocycles. The molecular formula is C48H30O. The van der Waals surface area contributed by atoms with E-state index in [-0.39, 0.29) is 66.6 Å². The smallest absolute Gasteiger partial charge is 0.136 e. The minimum atomic E-state index is -0.655. The van der Waals surface area contributed by atoms with E-state index in [0.717, 1.165) is 0 Å². The third kappa shape index (κ3) is 4.47. The molecule has 1 nitrogen and oxygen atoms in total. The molecule has 1 heterocycles. The van der Waals surface area contributed by atoms with E-state index in [1.807, 2.05) is 0 Å². The van der Waals surface area contributed by atoms with Gasteiger partial charge in [-0.2, -0.15) is 0 Å². The highest BCUT2D eigenvalue weighted by Gasteiger charge is 2.19. The van der Waals surface area contributed by atoms with Crippen LogP contribution in [0, 0.1) is 0 Å². The van der Waals surface area contributed by atoms with Gasteiger partial charge in [0.2, 0.25) is 0 Å². The van der Waals surface area contributed by atoms with Gasteiger partial charge in [0, 0.05) is 10.8 Å². The molecule has 10 aromatic rings. The fourth-order valence-corrected chi connectivity index (χ4v) is 6.59. The normalized spacial score (nSPS) is 17.1. The van der Waals surface area contributed by atoms with Gasteiger partial charge in [0.05, 0.1) is 26.0 Å². The number of hydrogen-bond acceptors (Lipinski definition) is 1. The topological polar surface area (TPSA) is 13.1 Å². The highest BCUT2D eigenvalue weighted by Crippen LogP contribution is 2.46. The summed E-state index contributed by atoms with van der Waals surface area (Å²) in [5.41, 5.74) is 0.124. The van der Waals surface area contributed by atoms with Crippen LogP contribution in [0.2, 0.25) is 0 Å². The Bertz CT molecular complexity index is 3850. The van der Waals surface area contributed by atoms with Crippen LogP contribution in [-0.4, -0.2) is 0 Å². The van der Waals surface area contributed by atoms with Crippen LogP contribution in [0.15, 0.2) is 186 Å². The molecule has 0 N–H and O–H groups in total. The summed E-state index contributed by atoms with van der Waals surface area (Å²) >= 11 is 0. The van der Waals surface area contributed by atoms with E-state index in [0.29, 0.717) is 38.2 Å². The minimum absolute atomic E-state index is 0.00349. The predicted molar refractivity (Wildman–Crippen MR) is 208 cm³/mol. The van der Waals surface area contributed by atoms with Crippen LogP contribution >= 0.6 is 0 Å². The third-order valence-corrected chi connectivity index (χ3v) is 8.66. The van der Waals surface area contributed by atoms with Crippen LogP contribution < -0.4 is 0 Å². The molecule has 0 aliphatic carbocycles. The molecule has 0 amide bonds. The maximum Gasteiger partial charge on any atom is 0.136 e. The summed E-state index contributed by atoms with van der Waals surface area (Å²) < 4.78 is 173. The molecule has 0 aliphatic rings. The fraction of sp³-hybridized carbons (Fsp3) is 0. The zero-order valence-electron chi connectivity index (χ0n) is 44.3. The van der Waals surface area contributed by atoms with Crippen molar-refractivity contribution < 1.29 is 30.5 Å². The number of furan rings is 1. The second-order valence-electron chi connectivity index (χ2n) is 11.4. The summed E-state index contributed by atoms with van der Waals surface area (Å²) in [5.74, 6) is 0. The monoisotopic (exact) mass is 641 g/mol. The first-order valence-electron chi connectivity index (χ1n) is 24.8. The van der Waals surface area contributed by atoms with E-state index in [2.05, 4.69) is 0 Å². The molecule has 49 heavy (non-hydrogen) atoms. The number of fused-ring (bicyclic) bond motifs is 6. The Balaban J connectivity index is 1.33. The first-order valence-corrected chi connectivity index (χ1v) is 15.3. The van der Waals surface area contributed by atoms with Crippen LogP contribution in [0.25, 0.3) is 98.8 Å². The van der Waals surface area contributed by atoms with E-state index >= 15 is 0 Å². The summed E-state index contributed by atoms with van der Waals surface area (Å²) in [4.78, 5) is 0. The SMILES string of the molecule is [2H]c1c([2H])c([2H])c(-c2ccc(-c3c4ccccc4c(-c4c([2H])c([2H])c5oc6c([2H])c7c([2H])c([2H])c([2H])c([2H])c7c([2H])c6c5c4[2H])c4ccccc34)cc2-c2c([2H])c([2H])c([2H])c([2H])c2[2H])c([2H])c1[2H]. The molecule has 0 radical (unpaired) electrons. The van der Waals surface area contributed by atoms with E-state index in [1.165, 1.54) is 6.07 Å². The second kappa shape index (κ2) is 11.1. The molecule has 228 valence electrons. The van der Waals surface area contributed by atoms with Crippen molar-refractivity contribution in [1.82, 2.24) is 0 Å². The van der Waals surface area contributed by atoms with Gasteiger partial charge in [0.1, 0.15) is 11.2 Å². The van der Waals surface area contributed by atoms with E-state index in [4.69, 9.17) is 25.0 Å². The largest absolute Gasteiger partial charge is 0.456 e. The van der Waals surface area contributed by atoms with Gasteiger partial charge < -0.3 is 4.42 Å². The van der Waals surface area contributed by atoms with Gasteiger partial charge in [0.15, 0.2) is 0 Å². The first-order chi connectivity index (χ1) is 32.2. The summed E-state index contributed by atoms with van der Waals surface area (Å²) in [7, 11) is 0. The van der Waals surface area contributed by atoms with Crippen molar-refractivity contribution in [1.29, 1.82) is 0 Å². The number of hydrogen-bond donors (Lipinski definition) is 0. The highest BCUT2D eigenvalue weighted by molar-refractivity contribution is 6.22. The first kappa shape index (κ1) is 14.8. The van der Waals surface area contributed by atoms with Crippen molar-refractivity contribution in [3.8, 4) is 44.5 Å². The summed E-state index contributed by atoms with van der Waals surface area (Å²) in [6.45, 7) is 0. The maximum absolute atomic E-state index is 9.82. The predicted octanol–water partition coefficient (Wildman–Crippen LogP) is 13.7. The third-order valence-electron chi connectivity index (χ3n) is 8.66. The van der Waals surface area contributed by atoms with Crippen LogP contribution in [0.3, 0.4) is 0 Å². The number of rotatable bonds is 4. The zero-order valence-corrected chi connectivity index (χ0v) is 25.3. The Morgan fingerprint density at radius 3 is 1.53 bits per heavy atom. The molecular weight excluding hydrogens is 593 g/mol. The summed E-state index contributed by atoms with van der Waals surface area (Å²) in [6.07, 6.45) is 0. The molecule has 10 rings (SSSR count).